The zero-order valence-corrected chi connectivity index (χ0v) is 14.5. The van der Waals surface area contributed by atoms with E-state index in [2.05, 4.69) is 15.5 Å². The van der Waals surface area contributed by atoms with Crippen LogP contribution in [-0.4, -0.2) is 86.2 Å². The Balaban J connectivity index is 1.36. The van der Waals surface area contributed by atoms with Crippen molar-refractivity contribution in [1.29, 1.82) is 0 Å². The summed E-state index contributed by atoms with van der Waals surface area (Å²) in [4.78, 5) is 28.6. The van der Waals surface area contributed by atoms with Gasteiger partial charge in [0, 0.05) is 38.8 Å². The molecule has 2 saturated heterocycles. The molecule has 7 nitrogen and oxygen atoms in total. The van der Waals surface area contributed by atoms with Crippen LogP contribution in [0.4, 0.5) is 0 Å². The fourth-order valence-electron chi connectivity index (χ4n) is 3.79. The Labute approximate surface area is 144 Å². The van der Waals surface area contributed by atoms with Gasteiger partial charge in [-0.15, -0.1) is 0 Å². The molecule has 1 saturated carbocycles. The van der Waals surface area contributed by atoms with E-state index in [9.17, 15) is 9.59 Å². The number of nitrogens with zero attached hydrogens (tertiary/aromatic N) is 2. The highest BCUT2D eigenvalue weighted by Crippen LogP contribution is 2.17. The number of hydrogen-bond acceptors (Lipinski definition) is 5. The Morgan fingerprint density at radius 1 is 1.08 bits per heavy atom. The van der Waals surface area contributed by atoms with E-state index < -0.39 is 0 Å². The summed E-state index contributed by atoms with van der Waals surface area (Å²) in [6.07, 6.45) is 5.98. The van der Waals surface area contributed by atoms with Crippen molar-refractivity contribution >= 4 is 11.8 Å². The number of carbonyl (C=O) groups is 2. The molecule has 0 radical (unpaired) electrons. The topological polar surface area (TPSA) is 73.9 Å². The van der Waals surface area contributed by atoms with E-state index in [1.165, 1.54) is 19.3 Å². The third kappa shape index (κ3) is 4.91. The summed E-state index contributed by atoms with van der Waals surface area (Å²) >= 11 is 0. The van der Waals surface area contributed by atoms with Crippen LogP contribution < -0.4 is 10.6 Å². The van der Waals surface area contributed by atoms with Crippen molar-refractivity contribution in [2.24, 2.45) is 0 Å². The Morgan fingerprint density at radius 3 is 2.50 bits per heavy atom. The van der Waals surface area contributed by atoms with Gasteiger partial charge < -0.3 is 20.3 Å². The third-order valence-electron chi connectivity index (χ3n) is 5.24. The van der Waals surface area contributed by atoms with Gasteiger partial charge in [-0.25, -0.2) is 0 Å². The Kier molecular flexibility index (Phi) is 6.45. The summed E-state index contributed by atoms with van der Waals surface area (Å²) in [5.74, 6) is 0.255. The van der Waals surface area contributed by atoms with Gasteiger partial charge in [0.2, 0.25) is 11.8 Å². The molecule has 0 bridgehead atoms. The van der Waals surface area contributed by atoms with Gasteiger partial charge >= 0.3 is 0 Å². The highest BCUT2D eigenvalue weighted by Gasteiger charge is 2.29. The summed E-state index contributed by atoms with van der Waals surface area (Å²) in [5.41, 5.74) is 0. The van der Waals surface area contributed by atoms with Gasteiger partial charge in [0.1, 0.15) is 6.04 Å². The number of piperazine rings is 1. The summed E-state index contributed by atoms with van der Waals surface area (Å²) in [5, 5.41) is 6.38. The molecule has 1 atom stereocenters. The molecule has 0 spiro atoms. The second-order valence-electron chi connectivity index (χ2n) is 7.09. The standard InChI is InChI=1S/C17H30N4O3/c22-16(19-14-4-2-1-3-5-14)12-20-7-9-21(10-8-20)17(23)15-13-24-11-6-18-15/h14-15,18H,1-13H2,(H,19,22). The van der Waals surface area contributed by atoms with E-state index in [-0.39, 0.29) is 17.9 Å². The first-order valence-corrected chi connectivity index (χ1v) is 9.34. The maximum absolute atomic E-state index is 12.4. The first kappa shape index (κ1) is 17.6. The Hall–Kier alpha value is -1.18. The molecule has 2 aliphatic heterocycles. The highest BCUT2D eigenvalue weighted by molar-refractivity contribution is 5.82. The van der Waals surface area contributed by atoms with E-state index in [1.807, 2.05) is 4.90 Å². The van der Waals surface area contributed by atoms with E-state index in [4.69, 9.17) is 4.74 Å². The normalized spacial score (nSPS) is 27.0. The molecule has 0 aromatic heterocycles. The monoisotopic (exact) mass is 338 g/mol. The smallest absolute Gasteiger partial charge is 0.242 e. The van der Waals surface area contributed by atoms with E-state index >= 15 is 0 Å². The fraction of sp³-hybridized carbons (Fsp3) is 0.882. The zero-order valence-electron chi connectivity index (χ0n) is 14.5. The van der Waals surface area contributed by atoms with Crippen LogP contribution in [0.2, 0.25) is 0 Å². The second-order valence-corrected chi connectivity index (χ2v) is 7.09. The van der Waals surface area contributed by atoms with Crippen LogP contribution in [0.15, 0.2) is 0 Å². The van der Waals surface area contributed by atoms with Crippen LogP contribution in [-0.2, 0) is 14.3 Å². The van der Waals surface area contributed by atoms with E-state index in [0.29, 0.717) is 38.9 Å². The first-order chi connectivity index (χ1) is 11.7. The lowest BCUT2D eigenvalue weighted by Crippen LogP contribution is -2.58. The van der Waals surface area contributed by atoms with Crippen LogP contribution in [0.25, 0.3) is 0 Å². The molecule has 2 amide bonds. The van der Waals surface area contributed by atoms with Crippen LogP contribution in [0.5, 0.6) is 0 Å². The minimum Gasteiger partial charge on any atom is -0.378 e. The van der Waals surface area contributed by atoms with Crippen molar-refractivity contribution in [3.8, 4) is 0 Å². The predicted octanol–water partition coefficient (Wildman–Crippen LogP) is -0.432. The zero-order chi connectivity index (χ0) is 16.8. The van der Waals surface area contributed by atoms with Gasteiger partial charge in [-0.2, -0.15) is 0 Å². The Bertz CT molecular complexity index is 426. The average Bonchev–Trinajstić information content (AvgIpc) is 2.63. The van der Waals surface area contributed by atoms with Crippen LogP contribution in [0.3, 0.4) is 0 Å². The number of amides is 2. The van der Waals surface area contributed by atoms with Crippen molar-refractivity contribution in [3.05, 3.63) is 0 Å². The molecule has 1 aliphatic carbocycles. The van der Waals surface area contributed by atoms with Crippen molar-refractivity contribution in [3.63, 3.8) is 0 Å². The second kappa shape index (κ2) is 8.78. The predicted molar refractivity (Wildman–Crippen MR) is 90.6 cm³/mol. The maximum Gasteiger partial charge on any atom is 0.242 e. The average molecular weight is 338 g/mol. The molecule has 1 unspecified atom stereocenters. The first-order valence-electron chi connectivity index (χ1n) is 9.34. The van der Waals surface area contributed by atoms with Crippen molar-refractivity contribution in [2.75, 3.05) is 52.5 Å². The van der Waals surface area contributed by atoms with E-state index in [0.717, 1.165) is 32.5 Å². The molecular weight excluding hydrogens is 308 g/mol. The number of rotatable bonds is 4. The Morgan fingerprint density at radius 2 is 1.83 bits per heavy atom. The largest absolute Gasteiger partial charge is 0.378 e. The van der Waals surface area contributed by atoms with Gasteiger partial charge in [-0.05, 0) is 12.8 Å². The van der Waals surface area contributed by atoms with Crippen molar-refractivity contribution in [2.45, 2.75) is 44.2 Å². The van der Waals surface area contributed by atoms with Gasteiger partial charge in [0.25, 0.3) is 0 Å². The van der Waals surface area contributed by atoms with Crippen LogP contribution in [0, 0.1) is 0 Å². The summed E-state index contributed by atoms with van der Waals surface area (Å²) in [7, 11) is 0. The molecular formula is C17H30N4O3. The van der Waals surface area contributed by atoms with Crippen molar-refractivity contribution in [1.82, 2.24) is 20.4 Å². The lowest BCUT2D eigenvalue weighted by molar-refractivity contribution is -0.138. The number of nitrogens with one attached hydrogen (secondary N) is 2. The minimum atomic E-state index is -0.208. The SMILES string of the molecule is O=C(CN1CCN(C(=O)C2COCCN2)CC1)NC1CCCCC1. The molecule has 7 heteroatoms. The van der Waals surface area contributed by atoms with Crippen LogP contribution >= 0.6 is 0 Å². The lowest BCUT2D eigenvalue weighted by Gasteiger charge is -2.37. The molecule has 0 aromatic rings. The third-order valence-corrected chi connectivity index (χ3v) is 5.24. The molecule has 2 N–H and O–H groups in total. The molecule has 0 aromatic carbocycles. The molecule has 3 rings (SSSR count). The van der Waals surface area contributed by atoms with Crippen molar-refractivity contribution < 1.29 is 14.3 Å². The van der Waals surface area contributed by atoms with Gasteiger partial charge in [0.05, 0.1) is 19.8 Å². The number of morpholine rings is 1. The summed E-state index contributed by atoms with van der Waals surface area (Å²) in [6.45, 7) is 5.22. The van der Waals surface area contributed by atoms with Crippen LogP contribution in [0.1, 0.15) is 32.1 Å². The number of carbonyl (C=O) groups excluding carboxylic acids is 2. The number of hydrogen-bond donors (Lipinski definition) is 2. The fourth-order valence-corrected chi connectivity index (χ4v) is 3.79. The maximum atomic E-state index is 12.4. The number of ether oxygens (including phenoxy) is 1. The van der Waals surface area contributed by atoms with Gasteiger partial charge in [-0.1, -0.05) is 19.3 Å². The summed E-state index contributed by atoms with van der Waals surface area (Å²) < 4.78 is 5.37. The lowest BCUT2D eigenvalue weighted by atomic mass is 9.95. The van der Waals surface area contributed by atoms with E-state index in [1.54, 1.807) is 0 Å². The minimum absolute atomic E-state index is 0.126. The molecule has 2 heterocycles. The molecule has 3 aliphatic rings. The quantitative estimate of drug-likeness (QED) is 0.728. The highest BCUT2D eigenvalue weighted by atomic mass is 16.5. The molecule has 136 valence electrons. The van der Waals surface area contributed by atoms with Gasteiger partial charge in [-0.3, -0.25) is 14.5 Å². The molecule has 3 fully saturated rings. The van der Waals surface area contributed by atoms with Gasteiger partial charge in [0.15, 0.2) is 0 Å². The summed E-state index contributed by atoms with van der Waals surface area (Å²) in [6, 6.07) is 0.159. The molecule has 24 heavy (non-hydrogen) atoms.